The van der Waals surface area contributed by atoms with Crippen molar-refractivity contribution in [1.29, 1.82) is 0 Å². The highest BCUT2D eigenvalue weighted by molar-refractivity contribution is 6.16. The average Bonchev–Trinajstić information content (AvgIpc) is 3.64. The highest BCUT2D eigenvalue weighted by Crippen LogP contribution is 2.43. The first kappa shape index (κ1) is 26.6. The van der Waals surface area contributed by atoms with Crippen LogP contribution < -0.4 is 14.5 Å². The maximum atomic E-state index is 14.4. The number of aromatic nitrogens is 4. The summed E-state index contributed by atoms with van der Waals surface area (Å²) in [6.07, 6.45) is 4.24. The molecule has 0 spiro atoms. The molecule has 1 amide bonds. The third-order valence-corrected chi connectivity index (χ3v) is 9.28. The van der Waals surface area contributed by atoms with E-state index in [0.717, 1.165) is 60.1 Å². The summed E-state index contributed by atoms with van der Waals surface area (Å²) in [5, 5.41) is 8.29. The van der Waals surface area contributed by atoms with Crippen LogP contribution in [-0.2, 0) is 11.3 Å². The van der Waals surface area contributed by atoms with Crippen LogP contribution in [0.15, 0.2) is 12.3 Å². The van der Waals surface area contributed by atoms with E-state index in [4.69, 9.17) is 19.4 Å². The number of ether oxygens (including phenoxy) is 2. The van der Waals surface area contributed by atoms with Crippen molar-refractivity contribution >= 4 is 28.3 Å². The Balaban J connectivity index is 1.29. The average molecular weight is 564 g/mol. The second-order valence-electron chi connectivity index (χ2n) is 12.3. The Kier molecular flexibility index (Phi) is 6.61. The maximum absolute atomic E-state index is 14.4. The predicted molar refractivity (Wildman–Crippen MR) is 154 cm³/mol. The van der Waals surface area contributed by atoms with Gasteiger partial charge in [0.2, 0.25) is 0 Å². The summed E-state index contributed by atoms with van der Waals surface area (Å²) in [5.41, 5.74) is 4.88. The van der Waals surface area contributed by atoms with Crippen molar-refractivity contribution in [2.24, 2.45) is 0 Å². The van der Waals surface area contributed by atoms with E-state index >= 15 is 0 Å². The van der Waals surface area contributed by atoms with E-state index in [1.165, 1.54) is 0 Å². The zero-order valence-corrected chi connectivity index (χ0v) is 24.1. The van der Waals surface area contributed by atoms with Crippen LogP contribution >= 0.6 is 0 Å². The number of hydrogen-bond acceptors (Lipinski definition) is 8. The maximum Gasteiger partial charge on any atom is 0.318 e. The van der Waals surface area contributed by atoms with Gasteiger partial charge in [-0.15, -0.1) is 0 Å². The van der Waals surface area contributed by atoms with Crippen molar-refractivity contribution in [3.8, 4) is 6.01 Å². The molecule has 7 rings (SSSR count). The van der Waals surface area contributed by atoms with Gasteiger partial charge in [0.15, 0.2) is 0 Å². The Morgan fingerprint density at radius 2 is 2.10 bits per heavy atom. The molecular weight excluding hydrogens is 525 g/mol. The van der Waals surface area contributed by atoms with E-state index in [9.17, 15) is 9.18 Å². The van der Waals surface area contributed by atoms with Crippen molar-refractivity contribution in [2.45, 2.75) is 70.6 Å². The van der Waals surface area contributed by atoms with Crippen molar-refractivity contribution in [2.75, 3.05) is 55.8 Å². The highest BCUT2D eigenvalue weighted by Gasteiger charge is 2.49. The largest absolute Gasteiger partial charge is 0.461 e. The van der Waals surface area contributed by atoms with Gasteiger partial charge in [0.1, 0.15) is 24.2 Å². The summed E-state index contributed by atoms with van der Waals surface area (Å²) in [6, 6.07) is 2.35. The molecule has 6 heterocycles. The topological polar surface area (TPSA) is 99.7 Å². The molecule has 1 aromatic carbocycles. The Morgan fingerprint density at radius 3 is 2.95 bits per heavy atom. The number of fused-ring (bicyclic) bond motifs is 3. The summed E-state index contributed by atoms with van der Waals surface area (Å²) in [4.78, 5) is 30.2. The number of nitrogens with one attached hydrogen (secondary N) is 1. The van der Waals surface area contributed by atoms with Crippen LogP contribution in [0.3, 0.4) is 0 Å². The zero-order chi connectivity index (χ0) is 28.3. The van der Waals surface area contributed by atoms with E-state index in [2.05, 4.69) is 46.8 Å². The van der Waals surface area contributed by atoms with Gasteiger partial charge in [-0.25, -0.2) is 4.39 Å². The fourth-order valence-corrected chi connectivity index (χ4v) is 7.48. The molecule has 3 aromatic rings. The van der Waals surface area contributed by atoms with Gasteiger partial charge in [-0.05, 0) is 55.8 Å². The molecule has 10 nitrogen and oxygen atoms in total. The zero-order valence-electron chi connectivity index (χ0n) is 24.1. The molecule has 0 radical (unpaired) electrons. The van der Waals surface area contributed by atoms with Crippen LogP contribution in [0.25, 0.3) is 10.9 Å². The fraction of sp³-hybridized carbons (Fsp3) is 0.600. The number of halogens is 1. The van der Waals surface area contributed by atoms with E-state index in [1.54, 1.807) is 6.20 Å². The summed E-state index contributed by atoms with van der Waals surface area (Å²) in [5.74, 6) is 0.687. The molecule has 2 aromatic heterocycles. The number of benzene rings is 1. The molecule has 3 saturated heterocycles. The third-order valence-electron chi connectivity index (χ3n) is 9.28. The third kappa shape index (κ3) is 4.44. The molecule has 0 bridgehead atoms. The minimum absolute atomic E-state index is 0.113. The van der Waals surface area contributed by atoms with E-state index in [0.29, 0.717) is 63.0 Å². The van der Waals surface area contributed by atoms with Crippen molar-refractivity contribution < 1.29 is 18.7 Å². The number of carbonyl (C=O) groups excluding carboxylic acids is 1. The number of nitrogens with zero attached hydrogens (tertiary/aromatic N) is 6. The summed E-state index contributed by atoms with van der Waals surface area (Å²) < 4.78 is 26.4. The molecule has 218 valence electrons. The molecule has 4 aliphatic rings. The van der Waals surface area contributed by atoms with Crippen LogP contribution in [0.2, 0.25) is 0 Å². The van der Waals surface area contributed by atoms with Gasteiger partial charge in [-0.3, -0.25) is 14.8 Å². The van der Waals surface area contributed by atoms with Gasteiger partial charge in [-0.1, -0.05) is 13.8 Å². The summed E-state index contributed by atoms with van der Waals surface area (Å²) in [7, 11) is 0. The molecule has 11 heteroatoms. The molecular formula is C30H38FN7O3. The summed E-state index contributed by atoms with van der Waals surface area (Å²) >= 11 is 0. The van der Waals surface area contributed by atoms with E-state index < -0.39 is 6.17 Å². The first-order valence-electron chi connectivity index (χ1n) is 14.9. The molecule has 2 atom stereocenters. The molecule has 3 fully saturated rings. The Morgan fingerprint density at radius 1 is 1.22 bits per heavy atom. The summed E-state index contributed by atoms with van der Waals surface area (Å²) in [6.45, 7) is 11.0. The molecule has 1 N–H and O–H groups in total. The number of H-pyrrole nitrogens is 1. The highest BCUT2D eigenvalue weighted by atomic mass is 19.1. The monoisotopic (exact) mass is 563 g/mol. The lowest BCUT2D eigenvalue weighted by molar-refractivity contribution is 0.0995. The smallest absolute Gasteiger partial charge is 0.318 e. The first-order valence-corrected chi connectivity index (χ1v) is 14.9. The number of aromatic amines is 1. The molecule has 1 unspecified atom stereocenters. The van der Waals surface area contributed by atoms with Gasteiger partial charge in [-0.2, -0.15) is 15.1 Å². The van der Waals surface area contributed by atoms with Gasteiger partial charge in [0.25, 0.3) is 5.91 Å². The molecule has 41 heavy (non-hydrogen) atoms. The van der Waals surface area contributed by atoms with E-state index in [1.807, 2.05) is 4.90 Å². The van der Waals surface area contributed by atoms with Crippen molar-refractivity contribution in [3.63, 3.8) is 0 Å². The van der Waals surface area contributed by atoms with Crippen LogP contribution in [0, 0.1) is 6.92 Å². The number of anilines is 2. The number of rotatable bonds is 6. The second kappa shape index (κ2) is 10.2. The van der Waals surface area contributed by atoms with Crippen molar-refractivity contribution in [3.05, 3.63) is 34.6 Å². The SMILES string of the molecule is Cc1cc2[nH]ncc2c(N2Cc3nc(OCC45CCCN4C[C@H](F)C5)nc(N4CCCOCC4)c3C2=O)c1C(C)C. The Hall–Kier alpha value is -3.31. The standard InChI is InChI=1S/C30H38FN7O3/c1-18(2)24-19(3)12-22-21(14-32-35-22)26(24)38-16-23-25(28(38)39)27(36-7-5-10-40-11-9-36)34-29(33-23)41-17-30-6-4-8-37(30)15-20(31)13-30/h12,14,18,20H,4-11,13,15-17H2,1-3H3,(H,32,35)/t20-,30?/m1/s1. The lowest BCUT2D eigenvalue weighted by Crippen LogP contribution is -2.43. The first-order chi connectivity index (χ1) is 19.8. The molecule has 0 aliphatic carbocycles. The van der Waals surface area contributed by atoms with Crippen LogP contribution in [0.1, 0.15) is 72.6 Å². The normalized spacial score (nSPS) is 24.9. The van der Waals surface area contributed by atoms with E-state index in [-0.39, 0.29) is 23.4 Å². The minimum Gasteiger partial charge on any atom is -0.461 e. The minimum atomic E-state index is -0.831. The van der Waals surface area contributed by atoms with Crippen LogP contribution in [0.4, 0.5) is 15.9 Å². The number of hydrogen-bond donors (Lipinski definition) is 1. The van der Waals surface area contributed by atoms with Crippen LogP contribution in [0.5, 0.6) is 6.01 Å². The Bertz CT molecular complexity index is 1480. The number of aryl methyl sites for hydroxylation is 1. The van der Waals surface area contributed by atoms with Gasteiger partial charge in [0, 0.05) is 38.0 Å². The van der Waals surface area contributed by atoms with Gasteiger partial charge < -0.3 is 19.3 Å². The van der Waals surface area contributed by atoms with Crippen molar-refractivity contribution in [1.82, 2.24) is 25.1 Å². The number of alkyl halides is 1. The lowest BCUT2D eigenvalue weighted by atomic mass is 9.93. The lowest BCUT2D eigenvalue weighted by Gasteiger charge is -2.31. The Labute approximate surface area is 239 Å². The molecule has 4 aliphatic heterocycles. The second-order valence-corrected chi connectivity index (χ2v) is 12.3. The van der Waals surface area contributed by atoms with Gasteiger partial charge in [0.05, 0.1) is 41.8 Å². The number of carbonyl (C=O) groups is 1. The van der Waals surface area contributed by atoms with Gasteiger partial charge >= 0.3 is 6.01 Å². The fourth-order valence-electron chi connectivity index (χ4n) is 7.48. The predicted octanol–water partition coefficient (Wildman–Crippen LogP) is 4.13. The van der Waals surface area contributed by atoms with Crippen LogP contribution in [-0.4, -0.2) is 88.7 Å². The quantitative estimate of drug-likeness (QED) is 0.478. The molecule has 0 saturated carbocycles. The number of amides is 1.